The Balaban J connectivity index is 0.000000145. The maximum absolute atomic E-state index is 5.21. The average Bonchev–Trinajstić information content (AvgIpc) is 0.735. The molecule has 0 saturated carbocycles. The summed E-state index contributed by atoms with van der Waals surface area (Å²) in [5.41, 5.74) is 20.2. The molecule has 0 unspecified atom stereocenters. The summed E-state index contributed by atoms with van der Waals surface area (Å²) in [6, 6.07) is 156. The number of nitrogens with zero attached hydrogens (tertiary/aromatic N) is 6. The third kappa shape index (κ3) is 12.8. The molecule has 0 fully saturated rings. The van der Waals surface area contributed by atoms with Crippen molar-refractivity contribution in [3.8, 4) is 135 Å². The van der Waals surface area contributed by atoms with Gasteiger partial charge in [-0.25, -0.2) is 29.9 Å². The van der Waals surface area contributed by atoms with Crippen molar-refractivity contribution in [2.24, 2.45) is 0 Å². The minimum absolute atomic E-state index is 0.630. The van der Waals surface area contributed by atoms with E-state index >= 15 is 0 Å². The van der Waals surface area contributed by atoms with E-state index in [9.17, 15) is 0 Å². The Morgan fingerprint density at radius 1 is 0.108 bits per heavy atom. The number of rotatable bonds is 12. The molecule has 0 atom stereocenters. The lowest BCUT2D eigenvalue weighted by Gasteiger charge is -2.20. The van der Waals surface area contributed by atoms with Gasteiger partial charge in [0.25, 0.3) is 0 Å². The third-order valence-corrected chi connectivity index (χ3v) is 23.7. The summed E-state index contributed by atoms with van der Waals surface area (Å²) in [6.45, 7) is 0. The molecule has 0 N–H and O–H groups in total. The van der Waals surface area contributed by atoms with Gasteiger partial charge >= 0.3 is 0 Å². The van der Waals surface area contributed by atoms with Gasteiger partial charge in [-0.1, -0.05) is 431 Å². The summed E-state index contributed by atoms with van der Waals surface area (Å²) in [4.78, 5) is 31.1. The van der Waals surface area contributed by atoms with Crippen molar-refractivity contribution in [2.45, 2.75) is 0 Å². The van der Waals surface area contributed by atoms with E-state index in [0.29, 0.717) is 34.9 Å². The predicted octanol–water partition coefficient (Wildman–Crippen LogP) is 30.1. The Hall–Kier alpha value is -16.0. The van der Waals surface area contributed by atoms with Crippen molar-refractivity contribution < 1.29 is 0 Å². The quantitative estimate of drug-likeness (QED) is 0.113. The van der Waals surface area contributed by atoms with Gasteiger partial charge in [0.15, 0.2) is 34.9 Å². The zero-order valence-electron chi connectivity index (χ0n) is 65.3. The minimum Gasteiger partial charge on any atom is -0.208 e. The summed E-state index contributed by atoms with van der Waals surface area (Å²) in [5.74, 6) is 3.87. The highest BCUT2D eigenvalue weighted by molar-refractivity contribution is 6.24. The summed E-state index contributed by atoms with van der Waals surface area (Å²) in [6.07, 6.45) is 0. The first-order valence-electron chi connectivity index (χ1n) is 40.8. The average molecular weight is 1530 g/mol. The molecule has 0 bridgehead atoms. The first-order valence-corrected chi connectivity index (χ1v) is 40.8. The largest absolute Gasteiger partial charge is 0.208 e. The molecule has 0 radical (unpaired) electrons. The van der Waals surface area contributed by atoms with Crippen LogP contribution in [0.5, 0.6) is 0 Å². The summed E-state index contributed by atoms with van der Waals surface area (Å²) < 4.78 is 0. The maximum atomic E-state index is 5.21. The lowest BCUT2D eigenvalue weighted by molar-refractivity contribution is 1.08. The summed E-state index contributed by atoms with van der Waals surface area (Å²) >= 11 is 0. The topological polar surface area (TPSA) is 77.3 Å². The van der Waals surface area contributed by atoms with E-state index in [4.69, 9.17) is 29.9 Å². The molecule has 120 heavy (non-hydrogen) atoms. The van der Waals surface area contributed by atoms with Gasteiger partial charge in [0.05, 0.1) is 0 Å². The van der Waals surface area contributed by atoms with Crippen LogP contribution in [-0.2, 0) is 0 Å². The zero-order valence-corrected chi connectivity index (χ0v) is 65.3. The van der Waals surface area contributed by atoms with Crippen molar-refractivity contribution >= 4 is 97.0 Å². The third-order valence-electron chi connectivity index (χ3n) is 23.7. The Labute approximate surface area is 694 Å². The molecule has 23 aromatic rings. The van der Waals surface area contributed by atoms with Crippen molar-refractivity contribution in [1.29, 1.82) is 0 Å². The minimum atomic E-state index is 0.630. The van der Waals surface area contributed by atoms with Gasteiger partial charge in [0.2, 0.25) is 0 Å². The smallest absolute Gasteiger partial charge is 0.164 e. The number of hydrogen-bond acceptors (Lipinski definition) is 6. The molecule has 0 spiro atoms. The molecule has 21 aromatic carbocycles. The zero-order chi connectivity index (χ0) is 79.4. The lowest BCUT2D eigenvalue weighted by atomic mass is 9.83. The van der Waals surface area contributed by atoms with Crippen LogP contribution < -0.4 is 0 Å². The van der Waals surface area contributed by atoms with Gasteiger partial charge in [0.1, 0.15) is 0 Å². The monoisotopic (exact) mass is 1520 g/mol. The molecule has 0 saturated heterocycles. The highest BCUT2D eigenvalue weighted by atomic mass is 15.0. The molecule has 0 aliphatic rings. The Morgan fingerprint density at radius 2 is 0.342 bits per heavy atom. The molecule has 0 amide bonds. The van der Waals surface area contributed by atoms with Crippen LogP contribution in [0.25, 0.3) is 232 Å². The van der Waals surface area contributed by atoms with Gasteiger partial charge in [0, 0.05) is 33.4 Å². The van der Waals surface area contributed by atoms with Crippen molar-refractivity contribution in [3.05, 3.63) is 437 Å². The van der Waals surface area contributed by atoms with E-state index in [1.807, 2.05) is 0 Å². The second-order valence-electron chi connectivity index (χ2n) is 30.6. The Morgan fingerprint density at radius 3 is 0.717 bits per heavy atom. The fourth-order valence-electron chi connectivity index (χ4n) is 18.0. The van der Waals surface area contributed by atoms with Crippen molar-refractivity contribution in [2.75, 3.05) is 0 Å². The molecule has 0 aliphatic heterocycles. The molecule has 6 nitrogen and oxygen atoms in total. The molecule has 2 heterocycles. The number of fused-ring (bicyclic) bond motifs is 9. The first-order chi connectivity index (χ1) is 59.5. The van der Waals surface area contributed by atoms with Crippen LogP contribution in [-0.4, -0.2) is 29.9 Å². The van der Waals surface area contributed by atoms with Gasteiger partial charge in [-0.05, 0) is 170 Å². The summed E-state index contributed by atoms with van der Waals surface area (Å²) in [5, 5.41) is 21.2. The van der Waals surface area contributed by atoms with Crippen LogP contribution >= 0.6 is 0 Å². The van der Waals surface area contributed by atoms with Gasteiger partial charge in [-0.3, -0.25) is 0 Å². The van der Waals surface area contributed by atoms with Gasteiger partial charge in [-0.2, -0.15) is 0 Å². The van der Waals surface area contributed by atoms with Crippen LogP contribution in [0.4, 0.5) is 0 Å². The van der Waals surface area contributed by atoms with E-state index in [1.165, 1.54) is 109 Å². The van der Waals surface area contributed by atoms with E-state index in [1.54, 1.807) is 0 Å². The van der Waals surface area contributed by atoms with Crippen LogP contribution in [0.2, 0.25) is 0 Å². The number of hydrogen-bond donors (Lipinski definition) is 0. The summed E-state index contributed by atoms with van der Waals surface area (Å²) in [7, 11) is 0. The van der Waals surface area contributed by atoms with Gasteiger partial charge in [-0.15, -0.1) is 0 Å². The van der Waals surface area contributed by atoms with Crippen molar-refractivity contribution in [3.63, 3.8) is 0 Å². The molecular formula is C114H72N6. The van der Waals surface area contributed by atoms with Crippen LogP contribution in [0.1, 0.15) is 0 Å². The number of benzene rings is 21. The van der Waals surface area contributed by atoms with Crippen LogP contribution in [0, 0.1) is 0 Å². The molecule has 23 rings (SSSR count). The van der Waals surface area contributed by atoms with E-state index in [2.05, 4.69) is 437 Å². The molecule has 6 heteroatoms. The van der Waals surface area contributed by atoms with E-state index in [-0.39, 0.29) is 0 Å². The first kappa shape index (κ1) is 70.6. The Bertz CT molecular complexity index is 7630. The molecule has 558 valence electrons. The number of aromatic nitrogens is 6. The van der Waals surface area contributed by atoms with E-state index < -0.39 is 0 Å². The molecular weight excluding hydrogens is 1450 g/mol. The SMILES string of the molecule is c1ccc(-c2ccc(-c3ccccc3-c3c4ccccc4c(-c4ccc(-c5nc(-c6cccc7ccccc67)nc(-c6cccc7ccccc67)n5)cc4)c4ccccc34)cc2)cc1.c1ccc2cc(-c3c4ccccc4c(-c4ccc(-c5nc(-c6cccc7ccccc67)nc(-c6cccc7ccccc67)n5)cc4)c4ccccc34)ccc2c1. The lowest BCUT2D eigenvalue weighted by Crippen LogP contribution is -2.01. The predicted molar refractivity (Wildman–Crippen MR) is 502 cm³/mol. The highest BCUT2D eigenvalue weighted by Gasteiger charge is 2.24. The van der Waals surface area contributed by atoms with Crippen LogP contribution in [0.3, 0.4) is 0 Å². The standard InChI is InChI=1S/C61H39N3.C53H33N3/c1-2-16-40(17-3-1)41-32-34-44(35-33-41)47-22-8-9-25-50(47)58-53-28-12-10-26-51(53)57(52-27-11-13-29-54(52)58)45-36-38-46(39-37-45)59-62-60(55-30-14-20-42-18-4-6-23-48(42)55)64-61(63-59)56-31-15-21-43-19-5-7-24-49(43)56;1-2-16-39-33-40(32-27-34(39)13-1)50-45-23-9-7-21-43(45)49(44-22-8-10-24-46(44)50)37-28-30-38(31-29-37)51-54-52(47-25-11-17-35-14-3-5-19-41(35)47)56-53(55-51)48-26-12-18-36-15-4-6-20-42(36)48/h1-39H;1-33H. The normalized spacial score (nSPS) is 11.5. The maximum Gasteiger partial charge on any atom is 0.164 e. The van der Waals surface area contributed by atoms with E-state index in [0.717, 1.165) is 87.6 Å². The van der Waals surface area contributed by atoms with Crippen LogP contribution in [0.15, 0.2) is 437 Å². The van der Waals surface area contributed by atoms with Crippen molar-refractivity contribution in [1.82, 2.24) is 29.9 Å². The second kappa shape index (κ2) is 30.3. The highest BCUT2D eigenvalue weighted by Crippen LogP contribution is 2.49. The fraction of sp³-hybridized carbons (Fsp3) is 0. The second-order valence-corrected chi connectivity index (χ2v) is 30.6. The van der Waals surface area contributed by atoms with Gasteiger partial charge < -0.3 is 0 Å². The molecule has 2 aromatic heterocycles. The molecule has 0 aliphatic carbocycles. The fourth-order valence-corrected chi connectivity index (χ4v) is 18.0. The Kier molecular flexibility index (Phi) is 17.8.